The fourth-order valence-electron chi connectivity index (χ4n) is 3.10. The van der Waals surface area contributed by atoms with Gasteiger partial charge in [0.25, 0.3) is 5.24 Å². The Morgan fingerprint density at radius 1 is 1.12 bits per heavy atom. The first-order valence-corrected chi connectivity index (χ1v) is 10.4. The number of hydrogen-bond donors (Lipinski definition) is 0. The molecule has 0 saturated carbocycles. The van der Waals surface area contributed by atoms with Crippen LogP contribution in [-0.4, -0.2) is 53.7 Å². The van der Waals surface area contributed by atoms with Gasteiger partial charge < -0.3 is 0 Å². The van der Waals surface area contributed by atoms with Crippen LogP contribution in [-0.2, 0) is 21.2 Å². The predicted molar refractivity (Wildman–Crippen MR) is 92.3 cm³/mol. The Morgan fingerprint density at radius 3 is 2.25 bits per heavy atom. The Kier molecular flexibility index (Phi) is 4.98. The minimum Gasteiger partial charge on any atom is -0.273 e. The molecule has 0 atom stereocenters. The zero-order valence-corrected chi connectivity index (χ0v) is 15.1. The number of hydrogen-bond acceptors (Lipinski definition) is 5. The molecule has 1 aromatic rings. The van der Waals surface area contributed by atoms with Crippen molar-refractivity contribution < 1.29 is 18.0 Å². The Balaban J connectivity index is 1.69. The van der Waals surface area contributed by atoms with E-state index in [1.807, 2.05) is 19.1 Å². The molecule has 2 saturated heterocycles. The molecular formula is C16H20N2O4S2. The zero-order chi connectivity index (χ0) is 17.3. The molecular weight excluding hydrogens is 348 g/mol. The zero-order valence-electron chi connectivity index (χ0n) is 13.5. The van der Waals surface area contributed by atoms with Crippen LogP contribution in [0.5, 0.6) is 0 Å². The quantitative estimate of drug-likeness (QED) is 0.814. The maximum atomic E-state index is 12.7. The van der Waals surface area contributed by atoms with Crippen LogP contribution in [0.3, 0.4) is 0 Å². The van der Waals surface area contributed by atoms with E-state index >= 15 is 0 Å². The molecule has 6 nitrogen and oxygen atoms in total. The van der Waals surface area contributed by atoms with Crippen LogP contribution in [0.2, 0.25) is 0 Å². The maximum absolute atomic E-state index is 12.7. The van der Waals surface area contributed by atoms with Crippen molar-refractivity contribution in [2.24, 2.45) is 0 Å². The molecule has 24 heavy (non-hydrogen) atoms. The van der Waals surface area contributed by atoms with E-state index in [2.05, 4.69) is 0 Å². The summed E-state index contributed by atoms with van der Waals surface area (Å²) in [5, 5.41) is -0.212. The predicted octanol–water partition coefficient (Wildman–Crippen LogP) is 2.10. The third-order valence-corrected chi connectivity index (χ3v) is 7.29. The summed E-state index contributed by atoms with van der Waals surface area (Å²) >= 11 is 1.02. The average Bonchev–Trinajstić information content (AvgIpc) is 2.93. The first kappa shape index (κ1) is 17.4. The third kappa shape index (κ3) is 3.22. The molecule has 0 unspecified atom stereocenters. The Bertz CT molecular complexity index is 722. The number of benzene rings is 1. The monoisotopic (exact) mass is 368 g/mol. The first-order chi connectivity index (χ1) is 11.4. The van der Waals surface area contributed by atoms with Gasteiger partial charge >= 0.3 is 0 Å². The summed E-state index contributed by atoms with van der Waals surface area (Å²) in [4.78, 5) is 25.2. The summed E-state index contributed by atoms with van der Waals surface area (Å²) in [6.45, 7) is 2.67. The van der Waals surface area contributed by atoms with Crippen molar-refractivity contribution in [1.29, 1.82) is 0 Å². The summed E-state index contributed by atoms with van der Waals surface area (Å²) in [7, 11) is -3.52. The van der Waals surface area contributed by atoms with E-state index in [1.54, 1.807) is 12.1 Å². The number of piperidine rings is 1. The summed E-state index contributed by atoms with van der Waals surface area (Å²) < 4.78 is 26.9. The number of thioether (sulfide) groups is 1. The van der Waals surface area contributed by atoms with Gasteiger partial charge in [-0.25, -0.2) is 8.42 Å². The molecule has 0 N–H and O–H groups in total. The van der Waals surface area contributed by atoms with Crippen LogP contribution >= 0.6 is 11.8 Å². The van der Waals surface area contributed by atoms with Crippen molar-refractivity contribution in [2.45, 2.75) is 37.1 Å². The van der Waals surface area contributed by atoms with Crippen LogP contribution < -0.4 is 0 Å². The molecule has 2 fully saturated rings. The molecule has 3 rings (SSSR count). The minimum absolute atomic E-state index is 0.165. The lowest BCUT2D eigenvalue weighted by Crippen LogP contribution is -2.48. The lowest BCUT2D eigenvalue weighted by atomic mass is 10.1. The fraction of sp³-hybridized carbons (Fsp3) is 0.500. The highest BCUT2D eigenvalue weighted by atomic mass is 32.2. The number of nitrogens with zero attached hydrogens (tertiary/aromatic N) is 2. The Hall–Kier alpha value is -1.38. The first-order valence-electron chi connectivity index (χ1n) is 8.01. The molecule has 130 valence electrons. The van der Waals surface area contributed by atoms with Gasteiger partial charge in [-0.15, -0.1) is 0 Å². The highest BCUT2D eigenvalue weighted by Crippen LogP contribution is 2.28. The average molecular weight is 368 g/mol. The van der Waals surface area contributed by atoms with Crippen LogP contribution in [0.4, 0.5) is 4.79 Å². The van der Waals surface area contributed by atoms with Crippen LogP contribution in [0.1, 0.15) is 25.3 Å². The minimum atomic E-state index is -3.52. The Morgan fingerprint density at radius 2 is 1.75 bits per heavy atom. The summed E-state index contributed by atoms with van der Waals surface area (Å²) in [6, 6.07) is 6.76. The second kappa shape index (κ2) is 6.85. The number of carbonyl (C=O) groups is 2. The van der Waals surface area contributed by atoms with E-state index < -0.39 is 10.0 Å². The van der Waals surface area contributed by atoms with E-state index in [4.69, 9.17) is 0 Å². The molecule has 0 spiro atoms. The fourth-order valence-corrected chi connectivity index (χ4v) is 5.35. The van der Waals surface area contributed by atoms with Gasteiger partial charge in [0.05, 0.1) is 10.6 Å². The van der Waals surface area contributed by atoms with Gasteiger partial charge in [0.2, 0.25) is 15.9 Å². The third-order valence-electron chi connectivity index (χ3n) is 4.54. The van der Waals surface area contributed by atoms with Crippen molar-refractivity contribution in [3.63, 3.8) is 0 Å². The lowest BCUT2D eigenvalue weighted by Gasteiger charge is -2.34. The number of imide groups is 1. The van der Waals surface area contributed by atoms with Crippen LogP contribution in [0, 0.1) is 0 Å². The molecule has 2 aliphatic rings. The second-order valence-electron chi connectivity index (χ2n) is 5.95. The largest absolute Gasteiger partial charge is 0.289 e. The number of sulfonamides is 1. The number of carbonyl (C=O) groups excluding carboxylic acids is 2. The standard InChI is InChI=1S/C16H20N2O4S2/c1-2-12-3-5-14(6-4-12)24(21,22)17-9-7-13(8-10-17)18-15(19)11-23-16(18)20/h3-6,13H,2,7-11H2,1H3. The van der Waals surface area contributed by atoms with Gasteiger partial charge in [-0.1, -0.05) is 30.8 Å². The van der Waals surface area contributed by atoms with Crippen LogP contribution in [0.25, 0.3) is 0 Å². The van der Waals surface area contributed by atoms with Crippen molar-refractivity contribution in [3.05, 3.63) is 29.8 Å². The highest BCUT2D eigenvalue weighted by Gasteiger charge is 2.39. The molecule has 0 radical (unpaired) electrons. The topological polar surface area (TPSA) is 74.8 Å². The lowest BCUT2D eigenvalue weighted by molar-refractivity contribution is -0.126. The van der Waals surface area contributed by atoms with Crippen molar-refractivity contribution in [1.82, 2.24) is 9.21 Å². The van der Waals surface area contributed by atoms with Crippen molar-refractivity contribution >= 4 is 32.9 Å². The smallest absolute Gasteiger partial charge is 0.273 e. The SMILES string of the molecule is CCc1ccc(S(=O)(=O)N2CCC(N3C(=O)CSC3=O)CC2)cc1. The van der Waals surface area contributed by atoms with Crippen LogP contribution in [0.15, 0.2) is 29.2 Å². The van der Waals surface area contributed by atoms with E-state index in [-0.39, 0.29) is 22.9 Å². The maximum Gasteiger partial charge on any atom is 0.289 e. The summed E-state index contributed by atoms with van der Waals surface area (Å²) in [5.41, 5.74) is 1.09. The van der Waals surface area contributed by atoms with E-state index in [1.165, 1.54) is 9.21 Å². The van der Waals surface area contributed by atoms with Gasteiger partial charge in [0, 0.05) is 19.1 Å². The normalized spacial score (nSPS) is 20.8. The van der Waals surface area contributed by atoms with E-state index in [0.29, 0.717) is 30.8 Å². The van der Waals surface area contributed by atoms with Crippen molar-refractivity contribution in [2.75, 3.05) is 18.8 Å². The number of amides is 2. The summed E-state index contributed by atoms with van der Waals surface area (Å²) in [6.07, 6.45) is 1.84. The van der Waals surface area contributed by atoms with E-state index in [0.717, 1.165) is 23.7 Å². The molecule has 2 amide bonds. The molecule has 0 bridgehead atoms. The molecule has 2 heterocycles. The van der Waals surface area contributed by atoms with E-state index in [9.17, 15) is 18.0 Å². The molecule has 0 aromatic heterocycles. The highest BCUT2D eigenvalue weighted by molar-refractivity contribution is 8.14. The molecule has 0 aliphatic carbocycles. The molecule has 8 heteroatoms. The molecule has 2 aliphatic heterocycles. The second-order valence-corrected chi connectivity index (χ2v) is 8.82. The van der Waals surface area contributed by atoms with Gasteiger partial charge in [-0.3, -0.25) is 14.5 Å². The van der Waals surface area contributed by atoms with Gasteiger partial charge in [-0.2, -0.15) is 4.31 Å². The number of rotatable bonds is 4. The van der Waals surface area contributed by atoms with Gasteiger partial charge in [0.15, 0.2) is 0 Å². The Labute approximate surface area is 146 Å². The molecule has 1 aromatic carbocycles. The van der Waals surface area contributed by atoms with Gasteiger partial charge in [0.1, 0.15) is 0 Å². The number of aryl methyl sites for hydroxylation is 1. The van der Waals surface area contributed by atoms with Gasteiger partial charge in [-0.05, 0) is 37.0 Å². The summed E-state index contributed by atoms with van der Waals surface area (Å²) in [5.74, 6) is 0.0302. The van der Waals surface area contributed by atoms with Crippen molar-refractivity contribution in [3.8, 4) is 0 Å².